The molecule has 7 heteroatoms. The van der Waals surface area contributed by atoms with Gasteiger partial charge in [0.2, 0.25) is 10.0 Å². The van der Waals surface area contributed by atoms with Crippen LogP contribution < -0.4 is 10.5 Å². The first-order valence-corrected chi connectivity index (χ1v) is 8.51. The van der Waals surface area contributed by atoms with Gasteiger partial charge in [0.25, 0.3) is 5.91 Å². The van der Waals surface area contributed by atoms with Gasteiger partial charge in [-0.2, -0.15) is 0 Å². The molecule has 1 aromatic carbocycles. The molecular weight excluding hydrogens is 344 g/mol. The van der Waals surface area contributed by atoms with Gasteiger partial charge in [-0.25, -0.2) is 13.6 Å². The average Bonchev–Trinajstić information content (AvgIpc) is 2.34. The minimum Gasteiger partial charge on any atom is -0.352 e. The van der Waals surface area contributed by atoms with Crippen molar-refractivity contribution in [2.75, 3.05) is 6.54 Å². The molecule has 0 aliphatic rings. The quantitative estimate of drug-likeness (QED) is 0.841. The van der Waals surface area contributed by atoms with Gasteiger partial charge in [-0.05, 0) is 30.0 Å². The predicted octanol–water partition coefficient (Wildman–Crippen LogP) is 2.26. The van der Waals surface area contributed by atoms with Gasteiger partial charge in [0.05, 0.1) is 4.90 Å². The van der Waals surface area contributed by atoms with Crippen molar-refractivity contribution in [3.63, 3.8) is 0 Å². The number of carbonyl (C=O) groups excluding carboxylic acids is 1. The van der Waals surface area contributed by atoms with Crippen LogP contribution in [0, 0.1) is 5.41 Å². The molecule has 5 nitrogen and oxygen atoms in total. The molecule has 0 radical (unpaired) electrons. The van der Waals surface area contributed by atoms with Gasteiger partial charge in [-0.15, -0.1) is 0 Å². The van der Waals surface area contributed by atoms with Gasteiger partial charge in [-0.1, -0.05) is 36.7 Å². The van der Waals surface area contributed by atoms with Crippen molar-refractivity contribution in [2.45, 2.75) is 32.1 Å². The van der Waals surface area contributed by atoms with Crippen LogP contribution in [0.2, 0.25) is 0 Å². The Morgan fingerprint density at radius 3 is 2.45 bits per heavy atom. The van der Waals surface area contributed by atoms with Crippen molar-refractivity contribution < 1.29 is 13.2 Å². The fourth-order valence-electron chi connectivity index (χ4n) is 1.40. The molecule has 0 fully saturated rings. The molecule has 1 rings (SSSR count). The number of amides is 1. The zero-order valence-corrected chi connectivity index (χ0v) is 14.1. The maximum Gasteiger partial charge on any atom is 0.251 e. The number of nitrogens with two attached hydrogens (primary N) is 1. The van der Waals surface area contributed by atoms with E-state index in [2.05, 4.69) is 21.2 Å². The molecule has 0 saturated heterocycles. The summed E-state index contributed by atoms with van der Waals surface area (Å²) < 4.78 is 23.2. The third-order valence-electron chi connectivity index (χ3n) is 3.15. The summed E-state index contributed by atoms with van der Waals surface area (Å²) in [5.41, 5.74) is 0.250. The van der Waals surface area contributed by atoms with Crippen molar-refractivity contribution in [1.82, 2.24) is 5.32 Å². The molecule has 0 aromatic heterocycles. The van der Waals surface area contributed by atoms with Gasteiger partial charge < -0.3 is 5.32 Å². The standard InChI is InChI=1S/C13H19BrN2O3S/c1-4-13(2,3)8-16-12(17)9-5-10(14)7-11(6-9)20(15,18)19/h5-7H,4,8H2,1-3H3,(H,16,17)(H2,15,18,19). The number of hydrogen-bond acceptors (Lipinski definition) is 3. The Morgan fingerprint density at radius 2 is 1.95 bits per heavy atom. The molecule has 20 heavy (non-hydrogen) atoms. The minimum absolute atomic E-state index is 0.00948. The summed E-state index contributed by atoms with van der Waals surface area (Å²) in [7, 11) is -3.84. The maximum atomic E-state index is 12.1. The summed E-state index contributed by atoms with van der Waals surface area (Å²) in [6.45, 7) is 6.65. The highest BCUT2D eigenvalue weighted by Gasteiger charge is 2.18. The van der Waals surface area contributed by atoms with Crippen LogP contribution in [0.5, 0.6) is 0 Å². The van der Waals surface area contributed by atoms with E-state index in [1.807, 2.05) is 20.8 Å². The minimum atomic E-state index is -3.84. The second-order valence-electron chi connectivity index (χ2n) is 5.42. The van der Waals surface area contributed by atoms with E-state index in [4.69, 9.17) is 5.14 Å². The SMILES string of the molecule is CCC(C)(C)CNC(=O)c1cc(Br)cc(S(N)(=O)=O)c1. The number of halogens is 1. The second kappa shape index (κ2) is 6.24. The van der Waals surface area contributed by atoms with Crippen LogP contribution >= 0.6 is 15.9 Å². The van der Waals surface area contributed by atoms with Gasteiger partial charge in [-0.3, -0.25) is 4.79 Å². The summed E-state index contributed by atoms with van der Waals surface area (Å²) in [5, 5.41) is 7.88. The lowest BCUT2D eigenvalue weighted by molar-refractivity contribution is 0.0935. The highest BCUT2D eigenvalue weighted by molar-refractivity contribution is 9.10. The van der Waals surface area contributed by atoms with Crippen molar-refractivity contribution in [3.05, 3.63) is 28.2 Å². The normalized spacial score (nSPS) is 12.2. The molecule has 1 aromatic rings. The Balaban J connectivity index is 2.97. The lowest BCUT2D eigenvalue weighted by Crippen LogP contribution is -2.33. The van der Waals surface area contributed by atoms with Crippen LogP contribution in [-0.2, 0) is 10.0 Å². The maximum absolute atomic E-state index is 12.1. The van der Waals surface area contributed by atoms with Crippen LogP contribution in [0.1, 0.15) is 37.6 Å². The Bertz CT molecular complexity index is 612. The van der Waals surface area contributed by atoms with E-state index < -0.39 is 10.0 Å². The fraction of sp³-hybridized carbons (Fsp3) is 0.462. The van der Waals surface area contributed by atoms with E-state index in [0.717, 1.165) is 6.42 Å². The summed E-state index contributed by atoms with van der Waals surface area (Å²) in [5.74, 6) is -0.322. The summed E-state index contributed by atoms with van der Waals surface area (Å²) >= 11 is 3.18. The molecule has 0 saturated carbocycles. The van der Waals surface area contributed by atoms with Gasteiger partial charge in [0.1, 0.15) is 0 Å². The molecule has 112 valence electrons. The van der Waals surface area contributed by atoms with E-state index in [9.17, 15) is 13.2 Å². The number of primary sulfonamides is 1. The Morgan fingerprint density at radius 1 is 1.35 bits per heavy atom. The van der Waals surface area contributed by atoms with E-state index in [1.165, 1.54) is 12.1 Å². The van der Waals surface area contributed by atoms with Gasteiger partial charge >= 0.3 is 0 Å². The van der Waals surface area contributed by atoms with Crippen LogP contribution in [0.3, 0.4) is 0 Å². The zero-order chi connectivity index (χ0) is 15.6. The van der Waals surface area contributed by atoms with E-state index >= 15 is 0 Å². The third kappa shape index (κ3) is 4.88. The molecular formula is C13H19BrN2O3S. The van der Waals surface area contributed by atoms with Crippen LogP contribution in [-0.4, -0.2) is 20.9 Å². The number of benzene rings is 1. The molecule has 0 atom stereocenters. The second-order valence-corrected chi connectivity index (χ2v) is 7.90. The van der Waals surface area contributed by atoms with Crippen molar-refractivity contribution in [3.8, 4) is 0 Å². The van der Waals surface area contributed by atoms with Gasteiger partial charge in [0.15, 0.2) is 0 Å². The molecule has 0 aliphatic carbocycles. The average molecular weight is 363 g/mol. The van der Waals surface area contributed by atoms with Gasteiger partial charge in [0, 0.05) is 16.6 Å². The van der Waals surface area contributed by atoms with Crippen LogP contribution in [0.15, 0.2) is 27.6 Å². The first-order valence-electron chi connectivity index (χ1n) is 6.17. The number of sulfonamides is 1. The summed E-state index contributed by atoms with van der Waals surface area (Å²) in [6.07, 6.45) is 0.925. The molecule has 0 aliphatic heterocycles. The fourth-order valence-corrected chi connectivity index (χ4v) is 2.63. The molecule has 0 bridgehead atoms. The number of carbonyl (C=O) groups is 1. The molecule has 3 N–H and O–H groups in total. The third-order valence-corrected chi connectivity index (χ3v) is 4.50. The largest absolute Gasteiger partial charge is 0.352 e. The van der Waals surface area contributed by atoms with E-state index in [1.54, 1.807) is 6.07 Å². The molecule has 1 amide bonds. The summed E-state index contributed by atoms with van der Waals surface area (Å²) in [4.78, 5) is 12.0. The molecule has 0 heterocycles. The van der Waals surface area contributed by atoms with E-state index in [-0.39, 0.29) is 21.8 Å². The van der Waals surface area contributed by atoms with Crippen molar-refractivity contribution >= 4 is 31.9 Å². The Hall–Kier alpha value is -0.920. The predicted molar refractivity (Wildman–Crippen MR) is 81.9 cm³/mol. The first kappa shape index (κ1) is 17.1. The molecule has 0 unspecified atom stereocenters. The monoisotopic (exact) mass is 362 g/mol. The Labute approximate surface area is 128 Å². The smallest absolute Gasteiger partial charge is 0.251 e. The van der Waals surface area contributed by atoms with Crippen LogP contribution in [0.4, 0.5) is 0 Å². The Kier molecular flexibility index (Phi) is 5.34. The highest BCUT2D eigenvalue weighted by Crippen LogP contribution is 2.20. The number of nitrogens with one attached hydrogen (secondary N) is 1. The topological polar surface area (TPSA) is 89.3 Å². The lowest BCUT2D eigenvalue weighted by Gasteiger charge is -2.22. The van der Waals surface area contributed by atoms with Crippen LogP contribution in [0.25, 0.3) is 0 Å². The highest BCUT2D eigenvalue weighted by atomic mass is 79.9. The lowest BCUT2D eigenvalue weighted by atomic mass is 9.90. The first-order chi connectivity index (χ1) is 9.05. The van der Waals surface area contributed by atoms with Crippen molar-refractivity contribution in [1.29, 1.82) is 0 Å². The molecule has 0 spiro atoms. The van der Waals surface area contributed by atoms with E-state index in [0.29, 0.717) is 11.0 Å². The summed E-state index contributed by atoms with van der Waals surface area (Å²) in [6, 6.07) is 4.19. The zero-order valence-electron chi connectivity index (χ0n) is 11.7. The number of rotatable bonds is 5. The van der Waals surface area contributed by atoms with Crippen molar-refractivity contribution in [2.24, 2.45) is 10.6 Å². The number of hydrogen-bond donors (Lipinski definition) is 2.